The molecular weight excluding hydrogens is 354 g/mol. The maximum atomic E-state index is 12.5. The lowest BCUT2D eigenvalue weighted by atomic mass is 10.2. The summed E-state index contributed by atoms with van der Waals surface area (Å²) in [5.74, 6) is 1.67. The number of hydrogen-bond acceptors (Lipinski definition) is 4. The first kappa shape index (κ1) is 19.9. The first-order valence-electron chi connectivity index (χ1n) is 9.73. The summed E-state index contributed by atoms with van der Waals surface area (Å²) >= 11 is 0. The zero-order valence-electron chi connectivity index (χ0n) is 16.9. The average molecular weight is 383 g/mol. The molecule has 1 fully saturated rings. The quantitative estimate of drug-likeness (QED) is 0.829. The molecule has 2 aromatic carbocycles. The third-order valence-electron chi connectivity index (χ3n) is 4.76. The molecule has 0 atom stereocenters. The number of carbonyl (C=O) groups excluding carboxylic acids is 1. The summed E-state index contributed by atoms with van der Waals surface area (Å²) in [6, 6.07) is 15.9. The van der Waals surface area contributed by atoms with E-state index in [1.165, 1.54) is 0 Å². The van der Waals surface area contributed by atoms with E-state index in [0.29, 0.717) is 19.6 Å². The second-order valence-corrected chi connectivity index (χ2v) is 7.11. The van der Waals surface area contributed by atoms with Gasteiger partial charge in [0.05, 0.1) is 13.2 Å². The molecule has 1 N–H and O–H groups in total. The van der Waals surface area contributed by atoms with Crippen LogP contribution in [0.4, 0.5) is 10.5 Å². The van der Waals surface area contributed by atoms with Crippen LogP contribution in [0.2, 0.25) is 0 Å². The van der Waals surface area contributed by atoms with Gasteiger partial charge in [0.25, 0.3) is 0 Å². The highest BCUT2D eigenvalue weighted by molar-refractivity contribution is 5.74. The van der Waals surface area contributed by atoms with E-state index in [2.05, 4.69) is 22.3 Å². The Balaban J connectivity index is 1.48. The number of rotatable bonds is 6. The van der Waals surface area contributed by atoms with Crippen molar-refractivity contribution in [3.8, 4) is 11.5 Å². The van der Waals surface area contributed by atoms with Crippen molar-refractivity contribution in [1.82, 2.24) is 10.2 Å². The Hall–Kier alpha value is -2.89. The lowest BCUT2D eigenvalue weighted by Gasteiger charge is -2.36. The molecule has 0 bridgehead atoms. The van der Waals surface area contributed by atoms with Gasteiger partial charge in [-0.15, -0.1) is 0 Å². The number of urea groups is 1. The van der Waals surface area contributed by atoms with Crippen LogP contribution in [0.1, 0.15) is 19.4 Å². The molecule has 6 nitrogen and oxygen atoms in total. The number of methoxy groups -OCH3 is 1. The summed E-state index contributed by atoms with van der Waals surface area (Å²) in [6.07, 6.45) is 0.170. The largest absolute Gasteiger partial charge is 0.496 e. The van der Waals surface area contributed by atoms with Gasteiger partial charge in [-0.2, -0.15) is 0 Å². The lowest BCUT2D eigenvalue weighted by molar-refractivity contribution is 0.194. The summed E-state index contributed by atoms with van der Waals surface area (Å²) in [5.41, 5.74) is 2.13. The van der Waals surface area contributed by atoms with Crippen LogP contribution >= 0.6 is 0 Å². The molecule has 0 aromatic heterocycles. The Kier molecular flexibility index (Phi) is 6.63. The van der Waals surface area contributed by atoms with Crippen molar-refractivity contribution in [2.24, 2.45) is 0 Å². The van der Waals surface area contributed by atoms with Crippen molar-refractivity contribution < 1.29 is 14.3 Å². The van der Waals surface area contributed by atoms with Gasteiger partial charge in [-0.05, 0) is 44.2 Å². The number of benzene rings is 2. The van der Waals surface area contributed by atoms with Crippen LogP contribution in [0.25, 0.3) is 0 Å². The summed E-state index contributed by atoms with van der Waals surface area (Å²) in [5, 5.41) is 3.00. The molecule has 6 heteroatoms. The smallest absolute Gasteiger partial charge is 0.317 e. The van der Waals surface area contributed by atoms with Crippen molar-refractivity contribution in [1.29, 1.82) is 0 Å². The van der Waals surface area contributed by atoms with Crippen molar-refractivity contribution in [3.63, 3.8) is 0 Å². The van der Waals surface area contributed by atoms with Crippen molar-refractivity contribution >= 4 is 11.7 Å². The first-order valence-corrected chi connectivity index (χ1v) is 9.73. The van der Waals surface area contributed by atoms with Gasteiger partial charge in [0.15, 0.2) is 0 Å². The number of amides is 2. The number of carbonyl (C=O) groups is 1. The molecule has 1 saturated heterocycles. The number of anilines is 1. The van der Waals surface area contributed by atoms with Crippen LogP contribution in [0.15, 0.2) is 48.5 Å². The van der Waals surface area contributed by atoms with E-state index in [0.717, 1.165) is 35.8 Å². The van der Waals surface area contributed by atoms with E-state index < -0.39 is 0 Å². The normalized spacial score (nSPS) is 14.1. The average Bonchev–Trinajstić information content (AvgIpc) is 2.72. The fourth-order valence-electron chi connectivity index (χ4n) is 3.31. The summed E-state index contributed by atoms with van der Waals surface area (Å²) in [6.45, 7) is 7.52. The number of para-hydroxylation sites is 1. The lowest BCUT2D eigenvalue weighted by Crippen LogP contribution is -2.51. The molecule has 1 aliphatic heterocycles. The maximum absolute atomic E-state index is 12.5. The van der Waals surface area contributed by atoms with E-state index in [1.807, 2.05) is 55.1 Å². The SMILES string of the molecule is COc1ccccc1CNC(=O)N1CCN(c2ccc(OC(C)C)cc2)CC1. The van der Waals surface area contributed by atoms with Crippen LogP contribution in [-0.2, 0) is 6.54 Å². The van der Waals surface area contributed by atoms with Crippen molar-refractivity contribution in [3.05, 3.63) is 54.1 Å². The fourth-order valence-corrected chi connectivity index (χ4v) is 3.31. The minimum Gasteiger partial charge on any atom is -0.496 e. The molecular formula is C22H29N3O3. The summed E-state index contributed by atoms with van der Waals surface area (Å²) in [7, 11) is 1.64. The number of nitrogens with zero attached hydrogens (tertiary/aromatic N) is 2. The second-order valence-electron chi connectivity index (χ2n) is 7.11. The van der Waals surface area contributed by atoms with Crippen LogP contribution in [-0.4, -0.2) is 50.3 Å². The van der Waals surface area contributed by atoms with E-state index in [-0.39, 0.29) is 12.1 Å². The molecule has 2 aromatic rings. The minimum atomic E-state index is -0.0359. The topological polar surface area (TPSA) is 54.0 Å². The van der Waals surface area contributed by atoms with Crippen molar-refractivity contribution in [2.75, 3.05) is 38.2 Å². The van der Waals surface area contributed by atoms with Crippen LogP contribution in [0.5, 0.6) is 11.5 Å². The van der Waals surface area contributed by atoms with Crippen molar-refractivity contribution in [2.45, 2.75) is 26.5 Å². The van der Waals surface area contributed by atoms with E-state index in [1.54, 1.807) is 7.11 Å². The highest BCUT2D eigenvalue weighted by Crippen LogP contribution is 2.22. The van der Waals surface area contributed by atoms with E-state index in [4.69, 9.17) is 9.47 Å². The van der Waals surface area contributed by atoms with E-state index in [9.17, 15) is 4.79 Å². The maximum Gasteiger partial charge on any atom is 0.317 e. The summed E-state index contributed by atoms with van der Waals surface area (Å²) < 4.78 is 11.0. The molecule has 0 spiro atoms. The van der Waals surface area contributed by atoms with Gasteiger partial charge in [0, 0.05) is 44.0 Å². The highest BCUT2D eigenvalue weighted by Gasteiger charge is 2.21. The number of piperazine rings is 1. The van der Waals surface area contributed by atoms with Gasteiger partial charge < -0.3 is 24.6 Å². The fraction of sp³-hybridized carbons (Fsp3) is 0.409. The minimum absolute atomic E-state index is 0.0359. The molecule has 0 saturated carbocycles. The Labute approximate surface area is 167 Å². The first-order chi connectivity index (χ1) is 13.6. The summed E-state index contributed by atoms with van der Waals surface area (Å²) in [4.78, 5) is 16.7. The van der Waals surface area contributed by atoms with Gasteiger partial charge in [-0.25, -0.2) is 4.79 Å². The molecule has 28 heavy (non-hydrogen) atoms. The van der Waals surface area contributed by atoms with Gasteiger partial charge >= 0.3 is 6.03 Å². The van der Waals surface area contributed by atoms with Gasteiger partial charge in [0.1, 0.15) is 11.5 Å². The molecule has 0 aliphatic carbocycles. The van der Waals surface area contributed by atoms with E-state index >= 15 is 0 Å². The Morgan fingerprint density at radius 2 is 1.71 bits per heavy atom. The van der Waals surface area contributed by atoms with Crippen LogP contribution in [0, 0.1) is 0 Å². The number of ether oxygens (including phenoxy) is 2. The molecule has 2 amide bonds. The highest BCUT2D eigenvalue weighted by atomic mass is 16.5. The monoisotopic (exact) mass is 383 g/mol. The van der Waals surface area contributed by atoms with Crippen LogP contribution in [0.3, 0.4) is 0 Å². The molecule has 0 radical (unpaired) electrons. The Morgan fingerprint density at radius 3 is 2.36 bits per heavy atom. The predicted molar refractivity (Wildman–Crippen MR) is 111 cm³/mol. The van der Waals surface area contributed by atoms with Crippen LogP contribution < -0.4 is 19.7 Å². The molecule has 1 heterocycles. The Morgan fingerprint density at radius 1 is 1.04 bits per heavy atom. The molecule has 3 rings (SSSR count). The molecule has 1 aliphatic rings. The number of hydrogen-bond donors (Lipinski definition) is 1. The third-order valence-corrected chi connectivity index (χ3v) is 4.76. The van der Waals surface area contributed by atoms with Gasteiger partial charge in [0.2, 0.25) is 0 Å². The zero-order chi connectivity index (χ0) is 19.9. The standard InChI is InChI=1S/C22H29N3O3/c1-17(2)28-20-10-8-19(9-11-20)24-12-14-25(15-13-24)22(26)23-16-18-6-4-5-7-21(18)27-3/h4-11,17H,12-16H2,1-3H3,(H,23,26). The number of nitrogens with one attached hydrogen (secondary N) is 1. The predicted octanol–water partition coefficient (Wildman–Crippen LogP) is 3.51. The molecule has 150 valence electrons. The molecule has 0 unspecified atom stereocenters. The third kappa shape index (κ3) is 5.09. The van der Waals surface area contributed by atoms with Gasteiger partial charge in [-0.1, -0.05) is 18.2 Å². The second kappa shape index (κ2) is 9.35. The van der Waals surface area contributed by atoms with Gasteiger partial charge in [-0.3, -0.25) is 0 Å². The Bertz CT molecular complexity index is 769. The zero-order valence-corrected chi connectivity index (χ0v) is 16.9.